The molecule has 1 heterocycles. The van der Waals surface area contributed by atoms with Crippen LogP contribution in [-0.2, 0) is 11.2 Å². The second-order valence-electron chi connectivity index (χ2n) is 9.47. The maximum atomic E-state index is 13.1. The molecular weight excluding hydrogens is 572 g/mol. The van der Waals surface area contributed by atoms with Crippen LogP contribution in [0.2, 0.25) is 0 Å². The zero-order valence-corrected chi connectivity index (χ0v) is 21.6. The van der Waals surface area contributed by atoms with Crippen molar-refractivity contribution in [2.75, 3.05) is 0 Å². The third-order valence-corrected chi connectivity index (χ3v) is 6.55. The van der Waals surface area contributed by atoms with Crippen molar-refractivity contribution < 1.29 is 69.8 Å². The van der Waals surface area contributed by atoms with Gasteiger partial charge < -0.3 is 60.2 Å². The Labute approximate surface area is 240 Å². The fraction of sp³-hybridized carbons (Fsp3) is 0.103. The molecule has 0 bridgehead atoms. The van der Waals surface area contributed by atoms with Crippen LogP contribution in [0.15, 0.2) is 54.6 Å². The van der Waals surface area contributed by atoms with Crippen LogP contribution in [0, 0.1) is 0 Å². The van der Waals surface area contributed by atoms with Gasteiger partial charge in [0, 0.05) is 29.7 Å². The highest BCUT2D eigenvalue weighted by Gasteiger charge is 2.38. The molecule has 0 saturated carbocycles. The molecule has 4 aromatic carbocycles. The molecule has 14 nitrogen and oxygen atoms in total. The molecule has 0 fully saturated rings. The number of rotatable bonds is 5. The molecule has 14 heteroatoms. The molecule has 0 amide bonds. The van der Waals surface area contributed by atoms with Crippen molar-refractivity contribution in [2.45, 2.75) is 18.6 Å². The Morgan fingerprint density at radius 2 is 1.21 bits per heavy atom. The first-order valence-corrected chi connectivity index (χ1v) is 12.3. The lowest BCUT2D eigenvalue weighted by molar-refractivity contribution is -0.0189. The molecule has 222 valence electrons. The van der Waals surface area contributed by atoms with Crippen molar-refractivity contribution in [1.82, 2.24) is 0 Å². The minimum Gasteiger partial charge on any atom is -0.508 e. The summed E-state index contributed by atoms with van der Waals surface area (Å²) in [6.45, 7) is 0. The van der Waals surface area contributed by atoms with Crippen molar-refractivity contribution in [3.8, 4) is 63.2 Å². The van der Waals surface area contributed by atoms with E-state index in [1.165, 1.54) is 12.1 Å². The van der Waals surface area contributed by atoms with Gasteiger partial charge in [0.05, 0.1) is 11.1 Å². The summed E-state index contributed by atoms with van der Waals surface area (Å²) in [5.41, 5.74) is -0.386. The van der Waals surface area contributed by atoms with Crippen molar-refractivity contribution in [3.63, 3.8) is 0 Å². The molecule has 1 aliphatic rings. The highest BCUT2D eigenvalue weighted by Crippen LogP contribution is 2.45. The Morgan fingerprint density at radius 3 is 1.77 bits per heavy atom. The summed E-state index contributed by atoms with van der Waals surface area (Å²) in [7, 11) is 0. The number of hydrogen-bond acceptors (Lipinski definition) is 14. The summed E-state index contributed by atoms with van der Waals surface area (Å²) in [5, 5.41) is 88.5. The van der Waals surface area contributed by atoms with Gasteiger partial charge in [-0.2, -0.15) is 0 Å². The number of phenols is 9. The quantitative estimate of drug-likeness (QED) is 0.0916. The first kappa shape index (κ1) is 28.4. The summed E-state index contributed by atoms with van der Waals surface area (Å²) >= 11 is 0. The Hall–Kier alpha value is -6.18. The van der Waals surface area contributed by atoms with Crippen LogP contribution in [0.4, 0.5) is 0 Å². The van der Waals surface area contributed by atoms with Gasteiger partial charge in [-0.1, -0.05) is 6.07 Å². The zero-order chi connectivity index (χ0) is 31.2. The number of hydrogen-bond donors (Lipinski definition) is 9. The van der Waals surface area contributed by atoms with E-state index in [2.05, 4.69) is 0 Å². The van der Waals surface area contributed by atoms with E-state index in [0.29, 0.717) is 0 Å². The molecule has 0 saturated heterocycles. The second-order valence-corrected chi connectivity index (χ2v) is 9.47. The number of carbonyl (C=O) groups is 2. The summed E-state index contributed by atoms with van der Waals surface area (Å²) < 4.78 is 17.0. The van der Waals surface area contributed by atoms with Crippen molar-refractivity contribution >= 4 is 11.9 Å². The van der Waals surface area contributed by atoms with Crippen molar-refractivity contribution in [2.24, 2.45) is 0 Å². The van der Waals surface area contributed by atoms with Gasteiger partial charge in [-0.3, -0.25) is 0 Å². The van der Waals surface area contributed by atoms with Crippen LogP contribution < -0.4 is 9.47 Å². The van der Waals surface area contributed by atoms with Gasteiger partial charge in [0.25, 0.3) is 0 Å². The van der Waals surface area contributed by atoms with E-state index in [-0.39, 0.29) is 40.2 Å². The Bertz CT molecular complexity index is 1730. The first-order valence-electron chi connectivity index (χ1n) is 12.3. The highest BCUT2D eigenvalue weighted by molar-refractivity contribution is 5.93. The van der Waals surface area contributed by atoms with Crippen molar-refractivity contribution in [1.29, 1.82) is 0 Å². The standard InChI is InChI=1S/C29H22O14/c30-14-8-22-15(23(9-14)42-28(39)12-4-18(33)25(37)19(34)5-12)10-24(27(41-22)11-1-2-16(31)17(32)3-11)43-29(40)13-6-20(35)26(38)21(36)7-13/h1-9,24,27,30-38H,10H2/t24-,27+/m0/s1. The van der Waals surface area contributed by atoms with Crippen LogP contribution in [0.25, 0.3) is 0 Å². The van der Waals surface area contributed by atoms with E-state index in [4.69, 9.17) is 14.2 Å². The van der Waals surface area contributed by atoms with Gasteiger partial charge in [-0.05, 0) is 36.4 Å². The fourth-order valence-electron chi connectivity index (χ4n) is 4.44. The Morgan fingerprint density at radius 1 is 0.651 bits per heavy atom. The molecule has 1 aliphatic heterocycles. The summed E-state index contributed by atoms with van der Waals surface area (Å²) in [6.07, 6.45) is -2.68. The molecule has 0 unspecified atom stereocenters. The monoisotopic (exact) mass is 594 g/mol. The summed E-state index contributed by atoms with van der Waals surface area (Å²) in [6, 6.07) is 9.31. The molecule has 0 aromatic heterocycles. The largest absolute Gasteiger partial charge is 0.508 e. The lowest BCUT2D eigenvalue weighted by Crippen LogP contribution is -2.35. The van der Waals surface area contributed by atoms with Crippen LogP contribution >= 0.6 is 0 Å². The van der Waals surface area contributed by atoms with E-state index in [1.807, 2.05) is 0 Å². The molecule has 9 N–H and O–H groups in total. The van der Waals surface area contributed by atoms with E-state index in [9.17, 15) is 55.5 Å². The van der Waals surface area contributed by atoms with E-state index in [1.54, 1.807) is 0 Å². The van der Waals surface area contributed by atoms with Gasteiger partial charge in [0.15, 0.2) is 52.1 Å². The predicted octanol–water partition coefficient (Wildman–Crippen LogP) is 3.16. The summed E-state index contributed by atoms with van der Waals surface area (Å²) in [5.74, 6) is -8.76. The maximum absolute atomic E-state index is 13.1. The van der Waals surface area contributed by atoms with Crippen LogP contribution in [0.1, 0.15) is 37.9 Å². The van der Waals surface area contributed by atoms with Gasteiger partial charge in [-0.15, -0.1) is 0 Å². The normalized spacial score (nSPS) is 15.6. The minimum absolute atomic E-state index is 0.0241. The van der Waals surface area contributed by atoms with E-state index >= 15 is 0 Å². The topological polar surface area (TPSA) is 244 Å². The van der Waals surface area contributed by atoms with Crippen LogP contribution in [0.5, 0.6) is 63.2 Å². The number of phenolic OH excluding ortho intramolecular Hbond substituents is 9. The first-order chi connectivity index (χ1) is 20.3. The number of aromatic hydroxyl groups is 9. The number of ether oxygens (including phenoxy) is 3. The molecular formula is C29H22O14. The van der Waals surface area contributed by atoms with Crippen molar-refractivity contribution in [3.05, 3.63) is 76.9 Å². The van der Waals surface area contributed by atoms with Gasteiger partial charge in [-0.25, -0.2) is 9.59 Å². The molecule has 4 aromatic rings. The molecule has 2 atom stereocenters. The average molecular weight is 594 g/mol. The smallest absolute Gasteiger partial charge is 0.343 e. The Balaban J connectivity index is 1.53. The average Bonchev–Trinajstić information content (AvgIpc) is 2.95. The Kier molecular flexibility index (Phi) is 7.03. The molecule has 0 spiro atoms. The second kappa shape index (κ2) is 10.7. The lowest BCUT2D eigenvalue weighted by atomic mass is 9.93. The minimum atomic E-state index is -1.26. The number of benzene rings is 4. The SMILES string of the molecule is O=C(Oc1cc(O)cc2c1C[C@H](OC(=O)c1cc(O)c(O)c(O)c1)[C@@H](c1ccc(O)c(O)c1)O2)c1cc(O)c(O)c(O)c1. The molecule has 43 heavy (non-hydrogen) atoms. The fourth-order valence-corrected chi connectivity index (χ4v) is 4.44. The van der Waals surface area contributed by atoms with Crippen LogP contribution in [0.3, 0.4) is 0 Å². The number of carbonyl (C=O) groups excluding carboxylic acids is 2. The number of esters is 2. The zero-order valence-electron chi connectivity index (χ0n) is 21.6. The van der Waals surface area contributed by atoms with Crippen LogP contribution in [-0.4, -0.2) is 64.0 Å². The number of fused-ring (bicyclic) bond motifs is 1. The van der Waals surface area contributed by atoms with Gasteiger partial charge in [0.2, 0.25) is 0 Å². The third kappa shape index (κ3) is 5.44. The summed E-state index contributed by atoms with van der Waals surface area (Å²) in [4.78, 5) is 25.9. The molecule has 0 aliphatic carbocycles. The van der Waals surface area contributed by atoms with Gasteiger partial charge in [0.1, 0.15) is 23.4 Å². The predicted molar refractivity (Wildman–Crippen MR) is 142 cm³/mol. The van der Waals surface area contributed by atoms with E-state index in [0.717, 1.165) is 42.5 Å². The molecule has 5 rings (SSSR count). The third-order valence-electron chi connectivity index (χ3n) is 6.55. The maximum Gasteiger partial charge on any atom is 0.343 e. The molecule has 0 radical (unpaired) electrons. The highest BCUT2D eigenvalue weighted by atomic mass is 16.6. The van der Waals surface area contributed by atoms with E-state index < -0.39 is 75.9 Å². The van der Waals surface area contributed by atoms with Gasteiger partial charge >= 0.3 is 11.9 Å². The lowest BCUT2D eigenvalue weighted by Gasteiger charge is -2.34.